The van der Waals surface area contributed by atoms with Crippen molar-refractivity contribution in [2.45, 2.75) is 13.1 Å². The molecule has 0 spiro atoms. The van der Waals surface area contributed by atoms with Crippen LogP contribution in [0.3, 0.4) is 0 Å². The van der Waals surface area contributed by atoms with Crippen molar-refractivity contribution in [3.63, 3.8) is 0 Å². The van der Waals surface area contributed by atoms with Crippen molar-refractivity contribution in [1.29, 1.82) is 0 Å². The first-order valence-corrected chi connectivity index (χ1v) is 8.86. The first-order chi connectivity index (χ1) is 12.5. The van der Waals surface area contributed by atoms with Gasteiger partial charge < -0.3 is 19.2 Å². The van der Waals surface area contributed by atoms with Gasteiger partial charge in [-0.2, -0.15) is 0 Å². The number of anilines is 1. The number of hydrogen-bond donors (Lipinski definition) is 1. The zero-order valence-electron chi connectivity index (χ0n) is 14.1. The highest BCUT2D eigenvalue weighted by atomic mass is 79.9. The van der Waals surface area contributed by atoms with Gasteiger partial charge in [0.15, 0.2) is 10.3 Å². The molecule has 4 rings (SSSR count). The van der Waals surface area contributed by atoms with Gasteiger partial charge in [0.05, 0.1) is 5.52 Å². The first kappa shape index (κ1) is 16.7. The molecular weight excluding hydrogens is 398 g/mol. The molecule has 6 nitrogen and oxygen atoms in total. The summed E-state index contributed by atoms with van der Waals surface area (Å²) in [5.41, 5.74) is 4.08. The Balaban J connectivity index is 1.66. The highest BCUT2D eigenvalue weighted by molar-refractivity contribution is 9.10. The summed E-state index contributed by atoms with van der Waals surface area (Å²) in [4.78, 5) is 26.6. The number of furan rings is 1. The summed E-state index contributed by atoms with van der Waals surface area (Å²) in [6.45, 7) is 4.82. The number of amides is 2. The second-order valence-electron chi connectivity index (χ2n) is 6.22. The van der Waals surface area contributed by atoms with Crippen LogP contribution in [-0.2, 0) is 13.1 Å². The van der Waals surface area contributed by atoms with E-state index < -0.39 is 0 Å². The Labute approximate surface area is 158 Å². The predicted molar refractivity (Wildman–Crippen MR) is 102 cm³/mol. The van der Waals surface area contributed by atoms with E-state index >= 15 is 0 Å². The first-order valence-electron chi connectivity index (χ1n) is 8.07. The van der Waals surface area contributed by atoms with Crippen molar-refractivity contribution in [2.24, 2.45) is 0 Å². The average molecular weight is 414 g/mol. The summed E-state index contributed by atoms with van der Waals surface area (Å²) in [6, 6.07) is 8.92. The summed E-state index contributed by atoms with van der Waals surface area (Å²) in [7, 11) is 1.76. The minimum atomic E-state index is -0.270. The predicted octanol–water partition coefficient (Wildman–Crippen LogP) is 4.02. The number of rotatable bonds is 4. The van der Waals surface area contributed by atoms with E-state index in [4.69, 9.17) is 4.42 Å². The fraction of sp³-hybridized carbons (Fsp3) is 0.158. The molecule has 0 atom stereocenters. The molecule has 3 aromatic rings. The van der Waals surface area contributed by atoms with Crippen LogP contribution in [0.25, 0.3) is 11.1 Å². The van der Waals surface area contributed by atoms with Crippen LogP contribution in [0.1, 0.15) is 26.4 Å². The van der Waals surface area contributed by atoms with Gasteiger partial charge in [0, 0.05) is 43.5 Å². The third kappa shape index (κ3) is 2.64. The lowest BCUT2D eigenvalue weighted by atomic mass is 10.1. The number of fused-ring (bicyclic) bond motifs is 2. The van der Waals surface area contributed by atoms with Gasteiger partial charge in [-0.05, 0) is 33.6 Å². The Morgan fingerprint density at radius 3 is 2.96 bits per heavy atom. The molecule has 132 valence electrons. The monoisotopic (exact) mass is 413 g/mol. The lowest BCUT2D eigenvalue weighted by Gasteiger charge is -2.09. The molecule has 0 saturated carbocycles. The molecule has 26 heavy (non-hydrogen) atoms. The maximum Gasteiger partial charge on any atom is 0.272 e. The zero-order valence-corrected chi connectivity index (χ0v) is 15.7. The molecule has 1 aliphatic heterocycles. The Morgan fingerprint density at radius 1 is 1.38 bits per heavy atom. The molecule has 1 aliphatic rings. The van der Waals surface area contributed by atoms with E-state index in [0.29, 0.717) is 40.3 Å². The van der Waals surface area contributed by atoms with Crippen LogP contribution >= 0.6 is 15.9 Å². The van der Waals surface area contributed by atoms with Gasteiger partial charge in [0.2, 0.25) is 0 Å². The number of aromatic nitrogens is 1. The van der Waals surface area contributed by atoms with Crippen molar-refractivity contribution >= 4 is 44.5 Å². The second-order valence-corrected chi connectivity index (χ2v) is 7.00. The highest BCUT2D eigenvalue weighted by Crippen LogP contribution is 2.28. The van der Waals surface area contributed by atoms with Gasteiger partial charge in [0.1, 0.15) is 5.69 Å². The zero-order chi connectivity index (χ0) is 18.4. The van der Waals surface area contributed by atoms with Gasteiger partial charge in [-0.1, -0.05) is 12.1 Å². The standard InChI is InChI=1S/C19H16BrN3O3/c1-3-6-23-14-9-17(20)26-16(14)8-15(23)18(24)21-12-5-4-11-10-22(2)19(25)13(11)7-12/h3-5,7-9H,1,6,10H2,2H3,(H,21,24). The molecule has 0 aliphatic carbocycles. The number of carbonyl (C=O) groups is 2. The van der Waals surface area contributed by atoms with Crippen LogP contribution in [0.5, 0.6) is 0 Å². The van der Waals surface area contributed by atoms with Gasteiger partial charge in [-0.3, -0.25) is 9.59 Å². The lowest BCUT2D eigenvalue weighted by Crippen LogP contribution is -2.18. The molecule has 3 heterocycles. The van der Waals surface area contributed by atoms with Crippen LogP contribution in [0.2, 0.25) is 0 Å². The van der Waals surface area contributed by atoms with Crippen LogP contribution in [0, 0.1) is 0 Å². The van der Waals surface area contributed by atoms with Crippen molar-refractivity contribution < 1.29 is 14.0 Å². The molecule has 2 aromatic heterocycles. The number of allylic oxidation sites excluding steroid dienone is 1. The largest absolute Gasteiger partial charge is 0.448 e. The Morgan fingerprint density at radius 2 is 2.19 bits per heavy atom. The highest BCUT2D eigenvalue weighted by Gasteiger charge is 2.25. The molecule has 0 fully saturated rings. The quantitative estimate of drug-likeness (QED) is 0.656. The van der Waals surface area contributed by atoms with E-state index in [1.807, 2.05) is 22.8 Å². The number of nitrogens with zero attached hydrogens (tertiary/aromatic N) is 2. The molecule has 0 saturated heterocycles. The minimum absolute atomic E-state index is 0.0338. The summed E-state index contributed by atoms with van der Waals surface area (Å²) >= 11 is 3.30. The molecule has 7 heteroatoms. The van der Waals surface area contributed by atoms with E-state index in [-0.39, 0.29) is 11.8 Å². The number of halogens is 1. The van der Waals surface area contributed by atoms with Crippen molar-refractivity contribution in [1.82, 2.24) is 9.47 Å². The number of nitrogens with one attached hydrogen (secondary N) is 1. The van der Waals surface area contributed by atoms with Crippen LogP contribution < -0.4 is 5.32 Å². The normalized spacial score (nSPS) is 13.3. The van der Waals surface area contributed by atoms with Gasteiger partial charge in [-0.25, -0.2) is 0 Å². The summed E-state index contributed by atoms with van der Waals surface area (Å²) in [5.74, 6) is -0.304. The van der Waals surface area contributed by atoms with Crippen LogP contribution in [-0.4, -0.2) is 28.3 Å². The van der Waals surface area contributed by atoms with Crippen molar-refractivity contribution in [3.8, 4) is 0 Å². The SMILES string of the molecule is C=CCn1c(C(=O)Nc2ccc3c(c2)C(=O)N(C)C3)cc2oc(Br)cc21. The third-order valence-electron chi connectivity index (χ3n) is 4.46. The lowest BCUT2D eigenvalue weighted by molar-refractivity contribution is 0.0816. The summed E-state index contributed by atoms with van der Waals surface area (Å²) in [6.07, 6.45) is 1.72. The van der Waals surface area contributed by atoms with E-state index in [9.17, 15) is 9.59 Å². The smallest absolute Gasteiger partial charge is 0.272 e. The fourth-order valence-corrected chi connectivity index (χ4v) is 3.64. The fourth-order valence-electron chi connectivity index (χ4n) is 3.24. The van der Waals surface area contributed by atoms with Gasteiger partial charge in [-0.15, -0.1) is 6.58 Å². The molecular formula is C19H16BrN3O3. The minimum Gasteiger partial charge on any atom is -0.448 e. The topological polar surface area (TPSA) is 67.5 Å². The van der Waals surface area contributed by atoms with E-state index in [2.05, 4.69) is 27.8 Å². The maximum atomic E-state index is 12.8. The summed E-state index contributed by atoms with van der Waals surface area (Å²) < 4.78 is 7.99. The Kier molecular flexibility index (Phi) is 3.96. The molecule has 1 aromatic carbocycles. The van der Waals surface area contributed by atoms with E-state index in [1.165, 1.54) is 0 Å². The average Bonchev–Trinajstić information content (AvgIpc) is 3.21. The molecule has 0 bridgehead atoms. The second kappa shape index (κ2) is 6.17. The van der Waals surface area contributed by atoms with Gasteiger partial charge >= 0.3 is 0 Å². The molecule has 2 amide bonds. The third-order valence-corrected chi connectivity index (χ3v) is 4.85. The van der Waals surface area contributed by atoms with Crippen molar-refractivity contribution in [3.05, 3.63) is 64.5 Å². The summed E-state index contributed by atoms with van der Waals surface area (Å²) in [5, 5.41) is 2.87. The molecule has 0 radical (unpaired) electrons. The number of carbonyl (C=O) groups excluding carboxylic acids is 2. The number of hydrogen-bond acceptors (Lipinski definition) is 3. The number of benzene rings is 1. The molecule has 1 N–H and O–H groups in total. The van der Waals surface area contributed by atoms with E-state index in [0.717, 1.165) is 11.1 Å². The van der Waals surface area contributed by atoms with Gasteiger partial charge in [0.25, 0.3) is 11.8 Å². The Bertz CT molecular complexity index is 1060. The molecule has 0 unspecified atom stereocenters. The van der Waals surface area contributed by atoms with Crippen molar-refractivity contribution in [2.75, 3.05) is 12.4 Å². The maximum absolute atomic E-state index is 12.8. The Hall–Kier alpha value is -2.80. The van der Waals surface area contributed by atoms with E-state index in [1.54, 1.807) is 30.2 Å². The van der Waals surface area contributed by atoms with Crippen LogP contribution in [0.15, 0.2) is 52.1 Å². The van der Waals surface area contributed by atoms with Crippen LogP contribution in [0.4, 0.5) is 5.69 Å².